The Morgan fingerprint density at radius 3 is 2.20 bits per heavy atom. The normalized spacial score (nSPS) is 15.5. The Morgan fingerprint density at radius 1 is 0.867 bits per heavy atom. The molecule has 0 radical (unpaired) electrons. The summed E-state index contributed by atoms with van der Waals surface area (Å²) >= 11 is 0. The van der Waals surface area contributed by atoms with Crippen LogP contribution >= 0.6 is 0 Å². The van der Waals surface area contributed by atoms with Crippen molar-refractivity contribution in [1.82, 2.24) is 0 Å². The fraction of sp³-hybridized carbons (Fsp3) is 0.143. The third-order valence-corrected chi connectivity index (χ3v) is 2.22. The second kappa shape index (κ2) is 5.32. The summed E-state index contributed by atoms with van der Waals surface area (Å²) in [5.74, 6) is 0. The molecular formula is C14H14O. The zero-order chi connectivity index (χ0) is 10.3. The Labute approximate surface area is 90.4 Å². The minimum Gasteiger partial charge on any atom is -0.365 e. The maximum Gasteiger partial charge on any atom is 0.0948 e. The van der Waals surface area contributed by atoms with E-state index in [9.17, 15) is 0 Å². The SMILES string of the molecule is C1=CC=CC(OCc2ccccc2)C=C1. The van der Waals surface area contributed by atoms with Gasteiger partial charge in [-0.2, -0.15) is 0 Å². The molecule has 0 atom stereocenters. The molecule has 0 unspecified atom stereocenters. The van der Waals surface area contributed by atoms with Gasteiger partial charge in [0.05, 0.1) is 12.7 Å². The molecule has 15 heavy (non-hydrogen) atoms. The molecule has 0 aromatic heterocycles. The molecule has 0 spiro atoms. The molecule has 1 aromatic carbocycles. The summed E-state index contributed by atoms with van der Waals surface area (Å²) in [7, 11) is 0. The van der Waals surface area contributed by atoms with Crippen molar-refractivity contribution in [2.75, 3.05) is 0 Å². The minimum absolute atomic E-state index is 0.0835. The van der Waals surface area contributed by atoms with Gasteiger partial charge in [-0.1, -0.05) is 66.8 Å². The van der Waals surface area contributed by atoms with Gasteiger partial charge in [0.2, 0.25) is 0 Å². The van der Waals surface area contributed by atoms with E-state index in [0.29, 0.717) is 6.61 Å². The lowest BCUT2D eigenvalue weighted by Crippen LogP contribution is -2.05. The number of ether oxygens (including phenoxy) is 1. The quantitative estimate of drug-likeness (QED) is 0.724. The lowest BCUT2D eigenvalue weighted by Gasteiger charge is -2.09. The van der Waals surface area contributed by atoms with Crippen molar-refractivity contribution in [3.8, 4) is 0 Å². The molecule has 2 rings (SSSR count). The molecule has 0 amide bonds. The Morgan fingerprint density at radius 2 is 1.53 bits per heavy atom. The van der Waals surface area contributed by atoms with Gasteiger partial charge < -0.3 is 4.74 Å². The van der Waals surface area contributed by atoms with Crippen molar-refractivity contribution in [3.05, 3.63) is 72.4 Å². The zero-order valence-corrected chi connectivity index (χ0v) is 8.54. The first-order chi connectivity index (χ1) is 7.45. The lowest BCUT2D eigenvalue weighted by molar-refractivity contribution is 0.102. The highest BCUT2D eigenvalue weighted by atomic mass is 16.5. The third-order valence-electron chi connectivity index (χ3n) is 2.22. The first kappa shape index (κ1) is 9.94. The summed E-state index contributed by atoms with van der Waals surface area (Å²) in [5, 5.41) is 0. The number of rotatable bonds is 3. The number of allylic oxidation sites excluding steroid dienone is 4. The minimum atomic E-state index is 0.0835. The molecule has 0 aliphatic heterocycles. The van der Waals surface area contributed by atoms with Crippen molar-refractivity contribution >= 4 is 0 Å². The predicted molar refractivity (Wildman–Crippen MR) is 62.4 cm³/mol. The summed E-state index contributed by atoms with van der Waals surface area (Å²) in [6.07, 6.45) is 12.2. The second-order valence-electron chi connectivity index (χ2n) is 3.42. The maximum absolute atomic E-state index is 5.74. The van der Waals surface area contributed by atoms with E-state index in [2.05, 4.69) is 12.1 Å². The van der Waals surface area contributed by atoms with Crippen LogP contribution < -0.4 is 0 Å². The molecular weight excluding hydrogens is 184 g/mol. The first-order valence-electron chi connectivity index (χ1n) is 5.12. The molecule has 0 fully saturated rings. The van der Waals surface area contributed by atoms with E-state index in [-0.39, 0.29) is 6.10 Å². The van der Waals surface area contributed by atoms with E-state index in [1.807, 2.05) is 54.7 Å². The molecule has 0 bridgehead atoms. The largest absolute Gasteiger partial charge is 0.365 e. The van der Waals surface area contributed by atoms with Crippen LogP contribution in [0.4, 0.5) is 0 Å². The van der Waals surface area contributed by atoms with Crippen LogP contribution in [0.2, 0.25) is 0 Å². The highest BCUT2D eigenvalue weighted by molar-refractivity contribution is 5.21. The number of hydrogen-bond donors (Lipinski definition) is 0. The van der Waals surface area contributed by atoms with Crippen molar-refractivity contribution in [2.45, 2.75) is 12.7 Å². The average Bonchev–Trinajstić information content (AvgIpc) is 2.56. The van der Waals surface area contributed by atoms with Crippen LogP contribution in [0.25, 0.3) is 0 Å². The molecule has 0 saturated heterocycles. The smallest absolute Gasteiger partial charge is 0.0948 e. The fourth-order valence-corrected chi connectivity index (χ4v) is 1.42. The number of hydrogen-bond acceptors (Lipinski definition) is 1. The summed E-state index contributed by atoms with van der Waals surface area (Å²) < 4.78 is 5.74. The standard InChI is InChI=1S/C14H14O/c1-2-7-11-14(10-6-1)15-12-13-8-4-3-5-9-13/h1-11,14H,12H2. The number of benzene rings is 1. The molecule has 0 heterocycles. The van der Waals surface area contributed by atoms with Gasteiger partial charge in [-0.3, -0.25) is 0 Å². The van der Waals surface area contributed by atoms with E-state index in [1.54, 1.807) is 0 Å². The molecule has 1 aliphatic carbocycles. The summed E-state index contributed by atoms with van der Waals surface area (Å²) in [6.45, 7) is 0.653. The maximum atomic E-state index is 5.74. The van der Waals surface area contributed by atoms with Crippen molar-refractivity contribution in [2.24, 2.45) is 0 Å². The van der Waals surface area contributed by atoms with E-state index in [0.717, 1.165) is 0 Å². The van der Waals surface area contributed by atoms with Gasteiger partial charge in [0.1, 0.15) is 0 Å². The lowest BCUT2D eigenvalue weighted by atomic mass is 10.2. The van der Waals surface area contributed by atoms with Gasteiger partial charge in [-0.25, -0.2) is 0 Å². The highest BCUT2D eigenvalue weighted by Crippen LogP contribution is 2.07. The van der Waals surface area contributed by atoms with Gasteiger partial charge in [-0.15, -0.1) is 0 Å². The van der Waals surface area contributed by atoms with Crippen LogP contribution in [0.15, 0.2) is 66.8 Å². The van der Waals surface area contributed by atoms with E-state index < -0.39 is 0 Å². The van der Waals surface area contributed by atoms with Crippen LogP contribution in [0.1, 0.15) is 5.56 Å². The summed E-state index contributed by atoms with van der Waals surface area (Å²) in [4.78, 5) is 0. The molecule has 1 aromatic rings. The second-order valence-corrected chi connectivity index (χ2v) is 3.42. The van der Waals surface area contributed by atoms with Crippen molar-refractivity contribution in [1.29, 1.82) is 0 Å². The van der Waals surface area contributed by atoms with E-state index >= 15 is 0 Å². The first-order valence-corrected chi connectivity index (χ1v) is 5.12. The van der Waals surface area contributed by atoms with Crippen LogP contribution in [-0.4, -0.2) is 6.10 Å². The van der Waals surface area contributed by atoms with Crippen LogP contribution in [-0.2, 0) is 11.3 Å². The fourth-order valence-electron chi connectivity index (χ4n) is 1.42. The van der Waals surface area contributed by atoms with E-state index in [1.165, 1.54) is 5.56 Å². The van der Waals surface area contributed by atoms with Crippen molar-refractivity contribution in [3.63, 3.8) is 0 Å². The molecule has 1 heteroatoms. The predicted octanol–water partition coefficient (Wildman–Crippen LogP) is 3.25. The Hall–Kier alpha value is -1.60. The Balaban J connectivity index is 1.88. The van der Waals surface area contributed by atoms with Gasteiger partial charge >= 0.3 is 0 Å². The van der Waals surface area contributed by atoms with Gasteiger partial charge in [0.25, 0.3) is 0 Å². The third kappa shape index (κ3) is 3.22. The zero-order valence-electron chi connectivity index (χ0n) is 8.54. The van der Waals surface area contributed by atoms with Gasteiger partial charge in [0.15, 0.2) is 0 Å². The van der Waals surface area contributed by atoms with Crippen LogP contribution in [0, 0.1) is 0 Å². The molecule has 0 N–H and O–H groups in total. The van der Waals surface area contributed by atoms with E-state index in [4.69, 9.17) is 4.74 Å². The molecule has 1 aliphatic rings. The summed E-state index contributed by atoms with van der Waals surface area (Å²) in [5.41, 5.74) is 1.21. The average molecular weight is 198 g/mol. The molecule has 76 valence electrons. The summed E-state index contributed by atoms with van der Waals surface area (Å²) in [6, 6.07) is 10.2. The topological polar surface area (TPSA) is 9.23 Å². The molecule has 1 nitrogen and oxygen atoms in total. The Kier molecular flexibility index (Phi) is 3.53. The monoisotopic (exact) mass is 198 g/mol. The van der Waals surface area contributed by atoms with Crippen LogP contribution in [0.5, 0.6) is 0 Å². The molecule has 0 saturated carbocycles. The van der Waals surface area contributed by atoms with Gasteiger partial charge in [-0.05, 0) is 5.56 Å². The van der Waals surface area contributed by atoms with Crippen molar-refractivity contribution < 1.29 is 4.74 Å². The van der Waals surface area contributed by atoms with Gasteiger partial charge in [0, 0.05) is 0 Å². The highest BCUT2D eigenvalue weighted by Gasteiger charge is 2.00. The van der Waals surface area contributed by atoms with Crippen LogP contribution in [0.3, 0.4) is 0 Å². The Bertz CT molecular complexity index is 358.